The number of hydrogen-bond donors (Lipinski definition) is 2. The number of carbonyl (C=O) groups is 4. The minimum atomic E-state index is -0.798. The van der Waals surface area contributed by atoms with Crippen LogP contribution in [-0.2, 0) is 30.3 Å². The second-order valence-electron chi connectivity index (χ2n) is 13.0. The van der Waals surface area contributed by atoms with E-state index >= 15 is 0 Å². The molecule has 0 bridgehead atoms. The van der Waals surface area contributed by atoms with Gasteiger partial charge in [-0.2, -0.15) is 0 Å². The number of fused-ring (bicyclic) bond motifs is 1. The van der Waals surface area contributed by atoms with Gasteiger partial charge in [0.15, 0.2) is 0 Å². The maximum absolute atomic E-state index is 12.9. The summed E-state index contributed by atoms with van der Waals surface area (Å²) in [5, 5.41) is 6.16. The number of anilines is 2. The highest BCUT2D eigenvalue weighted by molar-refractivity contribution is 5.91. The Morgan fingerprint density at radius 3 is 2.55 bits per heavy atom. The van der Waals surface area contributed by atoms with Crippen LogP contribution in [0.3, 0.4) is 0 Å². The second-order valence-corrected chi connectivity index (χ2v) is 13.0. The number of amides is 3. The van der Waals surface area contributed by atoms with Gasteiger partial charge in [0.25, 0.3) is 0 Å². The van der Waals surface area contributed by atoms with E-state index in [1.54, 1.807) is 27.8 Å². The van der Waals surface area contributed by atoms with Crippen LogP contribution in [-0.4, -0.2) is 84.0 Å². The number of cyclic esters (lactones) is 1. The number of hydrogen-bond acceptors (Lipinski definition) is 10. The fraction of sp³-hybridized carbons (Fsp3) is 0.417. The maximum Gasteiger partial charge on any atom is 0.412 e. The molecular formula is C36H43N5O8. The first-order chi connectivity index (χ1) is 23.4. The summed E-state index contributed by atoms with van der Waals surface area (Å²) in [4.78, 5) is 58.3. The van der Waals surface area contributed by atoms with Crippen LogP contribution in [0.2, 0.25) is 0 Å². The van der Waals surface area contributed by atoms with Crippen LogP contribution in [0.25, 0.3) is 11.3 Å². The summed E-state index contributed by atoms with van der Waals surface area (Å²) in [6, 6.07) is 19.5. The van der Waals surface area contributed by atoms with Gasteiger partial charge in [0.1, 0.15) is 30.2 Å². The Labute approximate surface area is 285 Å². The Bertz CT molecular complexity index is 1660. The van der Waals surface area contributed by atoms with Crippen molar-refractivity contribution in [2.75, 3.05) is 37.9 Å². The minimum Gasteiger partial charge on any atom is -0.467 e. The summed E-state index contributed by atoms with van der Waals surface area (Å²) in [5.74, 6) is 0.0267. The highest BCUT2D eigenvalue weighted by Gasteiger charge is 2.42. The van der Waals surface area contributed by atoms with Crippen molar-refractivity contribution in [1.29, 1.82) is 0 Å². The molecular weight excluding hydrogens is 630 g/mol. The van der Waals surface area contributed by atoms with E-state index < -0.39 is 42.0 Å². The monoisotopic (exact) mass is 673 g/mol. The van der Waals surface area contributed by atoms with E-state index in [0.717, 1.165) is 16.7 Å². The standard InChI is InChI=1S/C36H43N5O8/c1-36(2,3)49-35(45)41-21-24(20-28(41)32(42)46-5)37-30-18-10-15-26(38-30)25-14-9-16-27-31(25)29(48-33(43)39-27)17-11-19-40(4)34(44)47-22-23-12-7-6-8-13-23/h6-10,12-16,18,24,28-29H,11,17,19-22H2,1-5H3,(H,37,38)(H,39,43)/t24-,28-,29?/m0/s1. The molecule has 1 fully saturated rings. The molecule has 0 spiro atoms. The molecule has 3 atom stereocenters. The smallest absolute Gasteiger partial charge is 0.412 e. The van der Waals surface area contributed by atoms with Gasteiger partial charge < -0.3 is 29.2 Å². The Balaban J connectivity index is 1.27. The lowest BCUT2D eigenvalue weighted by molar-refractivity contribution is -0.145. The van der Waals surface area contributed by atoms with Crippen molar-refractivity contribution in [3.8, 4) is 11.3 Å². The van der Waals surface area contributed by atoms with E-state index in [-0.39, 0.29) is 19.2 Å². The van der Waals surface area contributed by atoms with Crippen molar-refractivity contribution in [3.05, 3.63) is 77.9 Å². The van der Waals surface area contributed by atoms with Crippen LogP contribution in [0.5, 0.6) is 0 Å². The lowest BCUT2D eigenvalue weighted by atomic mass is 9.93. The lowest BCUT2D eigenvalue weighted by Gasteiger charge is -2.29. The van der Waals surface area contributed by atoms with Crippen LogP contribution < -0.4 is 10.6 Å². The number of methoxy groups -OCH3 is 1. The molecule has 2 aliphatic rings. The molecule has 2 aromatic carbocycles. The van der Waals surface area contributed by atoms with E-state index in [2.05, 4.69) is 10.6 Å². The molecule has 0 aliphatic carbocycles. The fourth-order valence-corrected chi connectivity index (χ4v) is 5.91. The average molecular weight is 674 g/mol. The molecule has 49 heavy (non-hydrogen) atoms. The zero-order valence-electron chi connectivity index (χ0n) is 28.4. The number of nitrogens with one attached hydrogen (secondary N) is 2. The van der Waals surface area contributed by atoms with Crippen molar-refractivity contribution in [2.45, 2.75) is 70.4 Å². The average Bonchev–Trinajstić information content (AvgIpc) is 3.50. The van der Waals surface area contributed by atoms with Gasteiger partial charge in [-0.15, -0.1) is 0 Å². The van der Waals surface area contributed by atoms with Gasteiger partial charge in [0, 0.05) is 43.7 Å². The normalized spacial score (nSPS) is 18.4. The number of aromatic nitrogens is 1. The van der Waals surface area contributed by atoms with Crippen molar-refractivity contribution in [3.63, 3.8) is 0 Å². The molecule has 2 aliphatic heterocycles. The molecule has 260 valence electrons. The molecule has 1 aromatic heterocycles. The summed E-state index contributed by atoms with van der Waals surface area (Å²) in [6.45, 7) is 6.11. The van der Waals surface area contributed by atoms with Crippen LogP contribution in [0.15, 0.2) is 66.7 Å². The number of pyridine rings is 1. The quantitative estimate of drug-likeness (QED) is 0.184. The fourth-order valence-electron chi connectivity index (χ4n) is 5.91. The van der Waals surface area contributed by atoms with Gasteiger partial charge in [-0.1, -0.05) is 48.5 Å². The molecule has 2 N–H and O–H groups in total. The first-order valence-corrected chi connectivity index (χ1v) is 16.3. The minimum absolute atomic E-state index is 0.183. The van der Waals surface area contributed by atoms with Crippen LogP contribution in [0.4, 0.5) is 25.9 Å². The van der Waals surface area contributed by atoms with Gasteiger partial charge in [-0.25, -0.2) is 24.2 Å². The van der Waals surface area contributed by atoms with Crippen molar-refractivity contribution in [2.24, 2.45) is 0 Å². The Hall–Kier alpha value is -5.33. The molecule has 3 heterocycles. The third-order valence-electron chi connectivity index (χ3n) is 8.17. The number of likely N-dealkylation sites (tertiary alicyclic amines) is 1. The summed E-state index contributed by atoms with van der Waals surface area (Å²) < 4.78 is 21.7. The summed E-state index contributed by atoms with van der Waals surface area (Å²) >= 11 is 0. The number of nitrogens with zero attached hydrogens (tertiary/aromatic N) is 3. The van der Waals surface area contributed by atoms with Crippen molar-refractivity contribution < 1.29 is 38.1 Å². The molecule has 1 saturated heterocycles. The van der Waals surface area contributed by atoms with Crippen molar-refractivity contribution in [1.82, 2.24) is 14.8 Å². The van der Waals surface area contributed by atoms with Crippen LogP contribution in [0.1, 0.15) is 57.3 Å². The molecule has 0 saturated carbocycles. The van der Waals surface area contributed by atoms with Gasteiger partial charge in [0.05, 0.1) is 18.5 Å². The summed E-state index contributed by atoms with van der Waals surface area (Å²) in [6.07, 6.45) is -0.828. The lowest BCUT2D eigenvalue weighted by Crippen LogP contribution is -2.44. The number of rotatable bonds is 10. The van der Waals surface area contributed by atoms with Gasteiger partial charge >= 0.3 is 24.2 Å². The predicted molar refractivity (Wildman–Crippen MR) is 182 cm³/mol. The third-order valence-corrected chi connectivity index (χ3v) is 8.17. The third kappa shape index (κ3) is 8.98. The highest BCUT2D eigenvalue weighted by atomic mass is 16.6. The first kappa shape index (κ1) is 35.0. The SMILES string of the molecule is COC(=O)[C@@H]1C[C@H](Nc2cccc(-c3cccc4c3C(CCCN(C)C(=O)OCc3ccccc3)OC(=O)N4)n2)CN1C(=O)OC(C)(C)C. The molecule has 13 heteroatoms. The topological polar surface area (TPSA) is 149 Å². The van der Waals surface area contributed by atoms with E-state index in [1.807, 2.05) is 66.7 Å². The van der Waals surface area contributed by atoms with E-state index in [4.69, 9.17) is 23.9 Å². The van der Waals surface area contributed by atoms with Gasteiger partial charge in [0.2, 0.25) is 0 Å². The largest absolute Gasteiger partial charge is 0.467 e. The number of carbonyl (C=O) groups excluding carboxylic acids is 4. The molecule has 0 radical (unpaired) electrons. The number of esters is 1. The van der Waals surface area contributed by atoms with E-state index in [9.17, 15) is 19.2 Å². The maximum atomic E-state index is 12.9. The Morgan fingerprint density at radius 1 is 1.06 bits per heavy atom. The molecule has 3 aromatic rings. The van der Waals surface area contributed by atoms with E-state index in [0.29, 0.717) is 43.0 Å². The van der Waals surface area contributed by atoms with Gasteiger partial charge in [-0.05, 0) is 57.4 Å². The molecule has 1 unspecified atom stereocenters. The zero-order chi connectivity index (χ0) is 35.1. The number of ether oxygens (including phenoxy) is 4. The van der Waals surface area contributed by atoms with Crippen LogP contribution in [0, 0.1) is 0 Å². The Morgan fingerprint density at radius 2 is 1.82 bits per heavy atom. The van der Waals surface area contributed by atoms with Crippen molar-refractivity contribution >= 4 is 35.8 Å². The second kappa shape index (κ2) is 15.3. The molecule has 3 amide bonds. The molecule has 5 rings (SSSR count). The number of benzene rings is 2. The summed E-state index contributed by atoms with van der Waals surface area (Å²) in [7, 11) is 2.97. The first-order valence-electron chi connectivity index (χ1n) is 16.3. The predicted octanol–water partition coefficient (Wildman–Crippen LogP) is 6.36. The van der Waals surface area contributed by atoms with E-state index in [1.165, 1.54) is 16.9 Å². The molecule has 13 nitrogen and oxygen atoms in total. The zero-order valence-corrected chi connectivity index (χ0v) is 28.4. The summed E-state index contributed by atoms with van der Waals surface area (Å²) in [5.41, 5.74) is 3.00. The van der Waals surface area contributed by atoms with Crippen LogP contribution >= 0.6 is 0 Å². The Kier molecular flexibility index (Phi) is 10.9. The van der Waals surface area contributed by atoms with Gasteiger partial charge in [-0.3, -0.25) is 10.2 Å². The highest BCUT2D eigenvalue weighted by Crippen LogP contribution is 2.40.